The third-order valence-electron chi connectivity index (χ3n) is 3.30. The Morgan fingerprint density at radius 1 is 1.60 bits per heavy atom. The molecule has 3 nitrogen and oxygen atoms in total. The van der Waals surface area contributed by atoms with Gasteiger partial charge >= 0.3 is 0 Å². The van der Waals surface area contributed by atoms with E-state index in [1.807, 2.05) is 12.1 Å². The summed E-state index contributed by atoms with van der Waals surface area (Å²) in [6.45, 7) is 2.19. The summed E-state index contributed by atoms with van der Waals surface area (Å²) in [6, 6.07) is 5.91. The minimum Gasteiger partial charge on any atom is -0.377 e. The summed E-state index contributed by atoms with van der Waals surface area (Å²) in [5.74, 6) is 0. The van der Waals surface area contributed by atoms with Gasteiger partial charge in [0.1, 0.15) is 6.07 Å². The van der Waals surface area contributed by atoms with Gasteiger partial charge in [0, 0.05) is 11.7 Å². The van der Waals surface area contributed by atoms with Gasteiger partial charge in [-0.3, -0.25) is 0 Å². The molecular formula is C12H15N3. The first kappa shape index (κ1) is 9.97. The van der Waals surface area contributed by atoms with Crippen molar-refractivity contribution >= 4 is 5.69 Å². The van der Waals surface area contributed by atoms with E-state index in [1.54, 1.807) is 6.20 Å². The fraction of sp³-hybridized carbons (Fsp3) is 0.500. The second-order valence-electron chi connectivity index (χ2n) is 4.12. The second kappa shape index (κ2) is 3.90. The largest absolute Gasteiger partial charge is 0.377 e. The molecule has 1 heterocycles. The monoisotopic (exact) mass is 201 g/mol. The molecule has 1 aromatic rings. The topological polar surface area (TPSA) is 48.7 Å². The van der Waals surface area contributed by atoms with Gasteiger partial charge < -0.3 is 5.32 Å². The second-order valence-corrected chi connectivity index (χ2v) is 4.12. The maximum atomic E-state index is 8.93. The van der Waals surface area contributed by atoms with Crippen LogP contribution in [0.3, 0.4) is 0 Å². The molecule has 78 valence electrons. The highest BCUT2D eigenvalue weighted by Crippen LogP contribution is 2.38. The van der Waals surface area contributed by atoms with Crippen LogP contribution < -0.4 is 5.32 Å². The Kier molecular flexibility index (Phi) is 2.59. The third-order valence-corrected chi connectivity index (χ3v) is 3.30. The van der Waals surface area contributed by atoms with Crippen molar-refractivity contribution in [3.8, 4) is 6.07 Å². The Morgan fingerprint density at radius 3 is 2.93 bits per heavy atom. The van der Waals surface area contributed by atoms with Crippen molar-refractivity contribution < 1.29 is 0 Å². The van der Waals surface area contributed by atoms with E-state index in [0.717, 1.165) is 12.1 Å². The summed E-state index contributed by atoms with van der Waals surface area (Å²) >= 11 is 0. The molecule has 0 amide bonds. The van der Waals surface area contributed by atoms with Gasteiger partial charge in [-0.1, -0.05) is 6.92 Å². The van der Waals surface area contributed by atoms with Gasteiger partial charge in [0.05, 0.1) is 5.69 Å². The summed E-state index contributed by atoms with van der Waals surface area (Å²) in [5, 5.41) is 12.4. The lowest BCUT2D eigenvalue weighted by molar-refractivity contribution is 0.269. The lowest BCUT2D eigenvalue weighted by Crippen LogP contribution is -2.44. The van der Waals surface area contributed by atoms with Crippen LogP contribution in [-0.2, 0) is 0 Å². The van der Waals surface area contributed by atoms with Gasteiger partial charge in [-0.15, -0.1) is 0 Å². The smallest absolute Gasteiger partial charge is 0.163 e. The number of nitrogens with zero attached hydrogens (tertiary/aromatic N) is 2. The molecule has 1 N–H and O–H groups in total. The zero-order valence-electron chi connectivity index (χ0n) is 8.95. The lowest BCUT2D eigenvalue weighted by atomic mass is 9.74. The van der Waals surface area contributed by atoms with E-state index < -0.39 is 0 Å². The molecule has 0 aromatic carbocycles. The fourth-order valence-electron chi connectivity index (χ4n) is 2.05. The van der Waals surface area contributed by atoms with Crippen LogP contribution in [0.15, 0.2) is 18.3 Å². The average molecular weight is 201 g/mol. The normalized spacial score (nSPS) is 17.6. The highest BCUT2D eigenvalue weighted by atomic mass is 15.0. The van der Waals surface area contributed by atoms with E-state index in [0.29, 0.717) is 5.69 Å². The van der Waals surface area contributed by atoms with Crippen LogP contribution in [0.5, 0.6) is 0 Å². The van der Waals surface area contributed by atoms with E-state index in [-0.39, 0.29) is 5.54 Å². The summed E-state index contributed by atoms with van der Waals surface area (Å²) in [7, 11) is 0. The molecule has 2 rings (SSSR count). The molecule has 0 bridgehead atoms. The molecule has 0 radical (unpaired) electrons. The minimum atomic E-state index is 0.217. The summed E-state index contributed by atoms with van der Waals surface area (Å²) in [5.41, 5.74) is 1.59. The zero-order chi connectivity index (χ0) is 10.7. The van der Waals surface area contributed by atoms with Gasteiger partial charge in [-0.2, -0.15) is 5.26 Å². The van der Waals surface area contributed by atoms with Gasteiger partial charge in [-0.25, -0.2) is 4.98 Å². The molecule has 1 saturated carbocycles. The van der Waals surface area contributed by atoms with Crippen molar-refractivity contribution in [3.63, 3.8) is 0 Å². The number of aromatic nitrogens is 1. The van der Waals surface area contributed by atoms with E-state index >= 15 is 0 Å². The van der Waals surface area contributed by atoms with Crippen molar-refractivity contribution in [2.75, 3.05) is 5.32 Å². The number of hydrogen-bond acceptors (Lipinski definition) is 3. The fourth-order valence-corrected chi connectivity index (χ4v) is 2.05. The Hall–Kier alpha value is -1.56. The molecule has 0 aliphatic heterocycles. The van der Waals surface area contributed by atoms with Gasteiger partial charge in [0.2, 0.25) is 0 Å². The highest BCUT2D eigenvalue weighted by molar-refractivity contribution is 5.55. The first-order valence-electron chi connectivity index (χ1n) is 5.43. The number of rotatable bonds is 3. The van der Waals surface area contributed by atoms with Crippen molar-refractivity contribution in [2.45, 2.75) is 38.1 Å². The van der Waals surface area contributed by atoms with Crippen LogP contribution in [0, 0.1) is 11.3 Å². The number of pyridine rings is 1. The third kappa shape index (κ3) is 1.80. The standard InChI is InChI=1S/C12H15N3/c1-2-12(6-4-7-12)15-10-5-3-8-14-11(10)9-13/h3,5,8,15H,2,4,6-7H2,1H3. The number of hydrogen-bond donors (Lipinski definition) is 1. The Morgan fingerprint density at radius 2 is 2.40 bits per heavy atom. The molecule has 1 aliphatic carbocycles. The van der Waals surface area contributed by atoms with E-state index in [1.165, 1.54) is 19.3 Å². The maximum absolute atomic E-state index is 8.93. The molecule has 15 heavy (non-hydrogen) atoms. The SMILES string of the molecule is CCC1(Nc2cccnc2C#N)CCC1. The van der Waals surface area contributed by atoms with Gasteiger partial charge in [0.25, 0.3) is 0 Å². The van der Waals surface area contributed by atoms with Crippen molar-refractivity contribution in [3.05, 3.63) is 24.0 Å². The van der Waals surface area contributed by atoms with Crippen LogP contribution in [0.25, 0.3) is 0 Å². The molecule has 0 spiro atoms. The number of anilines is 1. The molecule has 0 unspecified atom stereocenters. The van der Waals surface area contributed by atoms with Crippen LogP contribution in [0.4, 0.5) is 5.69 Å². The number of nitrogens with one attached hydrogen (secondary N) is 1. The maximum Gasteiger partial charge on any atom is 0.163 e. The first-order chi connectivity index (χ1) is 7.29. The minimum absolute atomic E-state index is 0.217. The average Bonchev–Trinajstić information content (AvgIpc) is 2.24. The first-order valence-corrected chi connectivity index (χ1v) is 5.43. The quantitative estimate of drug-likeness (QED) is 0.818. The van der Waals surface area contributed by atoms with E-state index in [9.17, 15) is 0 Å². The van der Waals surface area contributed by atoms with Crippen LogP contribution in [0.1, 0.15) is 38.3 Å². The molecule has 0 saturated heterocycles. The molecule has 0 atom stereocenters. The predicted molar refractivity (Wildman–Crippen MR) is 59.4 cm³/mol. The number of nitriles is 1. The van der Waals surface area contributed by atoms with Crippen molar-refractivity contribution in [1.82, 2.24) is 4.98 Å². The van der Waals surface area contributed by atoms with E-state index in [4.69, 9.17) is 5.26 Å². The van der Waals surface area contributed by atoms with Crippen molar-refractivity contribution in [1.29, 1.82) is 5.26 Å². The van der Waals surface area contributed by atoms with Crippen LogP contribution in [-0.4, -0.2) is 10.5 Å². The zero-order valence-corrected chi connectivity index (χ0v) is 8.95. The Labute approximate surface area is 90.1 Å². The molecule has 1 aliphatic rings. The molecular weight excluding hydrogens is 186 g/mol. The molecule has 3 heteroatoms. The summed E-state index contributed by atoms with van der Waals surface area (Å²) in [4.78, 5) is 4.05. The molecule has 1 aromatic heterocycles. The summed E-state index contributed by atoms with van der Waals surface area (Å²) in [6.07, 6.45) is 6.44. The molecule has 1 fully saturated rings. The predicted octanol–water partition coefficient (Wildman–Crippen LogP) is 2.70. The van der Waals surface area contributed by atoms with Crippen LogP contribution >= 0.6 is 0 Å². The van der Waals surface area contributed by atoms with Gasteiger partial charge in [0.15, 0.2) is 5.69 Å². The van der Waals surface area contributed by atoms with Crippen molar-refractivity contribution in [2.24, 2.45) is 0 Å². The van der Waals surface area contributed by atoms with E-state index in [2.05, 4.69) is 23.3 Å². The highest BCUT2D eigenvalue weighted by Gasteiger charge is 2.35. The Bertz CT molecular complexity index is 383. The Balaban J connectivity index is 2.20. The van der Waals surface area contributed by atoms with Gasteiger partial charge in [-0.05, 0) is 37.8 Å². The van der Waals surface area contributed by atoms with Crippen LogP contribution in [0.2, 0.25) is 0 Å². The summed E-state index contributed by atoms with van der Waals surface area (Å²) < 4.78 is 0. The lowest BCUT2D eigenvalue weighted by Gasteiger charge is -2.43.